The molecule has 1 atom stereocenters. The van der Waals surface area contributed by atoms with Crippen LogP contribution in [0.15, 0.2) is 60.9 Å². The van der Waals surface area contributed by atoms with Gasteiger partial charge in [0, 0.05) is 54.5 Å². The maximum Gasteiger partial charge on any atom is 0.227 e. The van der Waals surface area contributed by atoms with E-state index in [-0.39, 0.29) is 18.4 Å². The minimum absolute atomic E-state index is 0.0412. The summed E-state index contributed by atoms with van der Waals surface area (Å²) in [4.78, 5) is 18.2. The Labute approximate surface area is 140 Å². The summed E-state index contributed by atoms with van der Waals surface area (Å²) in [6.45, 7) is 0.645. The molecule has 0 aliphatic carbocycles. The van der Waals surface area contributed by atoms with Gasteiger partial charge in [0.15, 0.2) is 0 Å². The number of nitrogens with zero attached hydrogens (tertiary/aromatic N) is 2. The fourth-order valence-electron chi connectivity index (χ4n) is 3.32. The molecule has 1 aromatic heterocycles. The van der Waals surface area contributed by atoms with E-state index in [1.54, 1.807) is 4.90 Å². The van der Waals surface area contributed by atoms with Crippen molar-refractivity contribution in [3.05, 3.63) is 60.9 Å². The molecule has 4 heteroatoms. The van der Waals surface area contributed by atoms with Crippen molar-refractivity contribution >= 4 is 22.4 Å². The van der Waals surface area contributed by atoms with Crippen LogP contribution >= 0.6 is 0 Å². The molecule has 1 fully saturated rings. The Bertz CT molecular complexity index is 884. The molecule has 1 aliphatic rings. The molecule has 1 amide bonds. The Morgan fingerprint density at radius 1 is 1.08 bits per heavy atom. The van der Waals surface area contributed by atoms with Crippen molar-refractivity contribution in [2.45, 2.75) is 6.42 Å². The third kappa shape index (κ3) is 2.55. The first-order valence-corrected chi connectivity index (χ1v) is 8.10. The fraction of sp³-hybridized carbons (Fsp3) is 0.200. The van der Waals surface area contributed by atoms with Crippen molar-refractivity contribution in [2.24, 2.45) is 5.92 Å². The van der Waals surface area contributed by atoms with E-state index in [2.05, 4.69) is 17.1 Å². The number of benzene rings is 2. The first kappa shape index (κ1) is 14.8. The molecule has 3 aromatic rings. The van der Waals surface area contributed by atoms with Crippen molar-refractivity contribution in [3.8, 4) is 11.1 Å². The number of rotatable bonds is 3. The molecule has 4 rings (SSSR count). The maximum absolute atomic E-state index is 12.1. The zero-order valence-corrected chi connectivity index (χ0v) is 13.2. The Hall–Kier alpha value is -2.72. The van der Waals surface area contributed by atoms with Crippen LogP contribution in [0.1, 0.15) is 6.42 Å². The predicted molar refractivity (Wildman–Crippen MR) is 94.7 cm³/mol. The summed E-state index contributed by atoms with van der Waals surface area (Å²) in [7, 11) is 0. The van der Waals surface area contributed by atoms with Gasteiger partial charge in [-0.2, -0.15) is 0 Å². The van der Waals surface area contributed by atoms with Gasteiger partial charge in [0.2, 0.25) is 5.91 Å². The van der Waals surface area contributed by atoms with E-state index in [1.807, 2.05) is 48.8 Å². The second kappa shape index (κ2) is 6.06. The summed E-state index contributed by atoms with van der Waals surface area (Å²) in [5.41, 5.74) is 3.04. The molecule has 1 unspecified atom stereocenters. The van der Waals surface area contributed by atoms with E-state index in [9.17, 15) is 9.90 Å². The summed E-state index contributed by atoms with van der Waals surface area (Å²) >= 11 is 0. The molecule has 1 N–H and O–H groups in total. The highest BCUT2D eigenvalue weighted by molar-refractivity contribution is 5.98. The normalized spacial score (nSPS) is 17.6. The summed E-state index contributed by atoms with van der Waals surface area (Å²) in [6.07, 6.45) is 4.16. The molecule has 2 heterocycles. The van der Waals surface area contributed by atoms with Crippen molar-refractivity contribution in [1.82, 2.24) is 4.98 Å². The molecule has 120 valence electrons. The average molecular weight is 318 g/mol. The minimum Gasteiger partial charge on any atom is -0.396 e. The molecule has 1 saturated heterocycles. The Balaban J connectivity index is 1.68. The highest BCUT2D eigenvalue weighted by Gasteiger charge is 2.29. The predicted octanol–water partition coefficient (Wildman–Crippen LogP) is 3.25. The summed E-state index contributed by atoms with van der Waals surface area (Å²) in [6, 6.07) is 16.2. The second-order valence-electron chi connectivity index (χ2n) is 6.21. The molecule has 0 spiro atoms. The van der Waals surface area contributed by atoms with E-state index in [0.29, 0.717) is 13.0 Å². The number of carbonyl (C=O) groups excluding carboxylic acids is 1. The molecular formula is C20H18N2O2. The van der Waals surface area contributed by atoms with Crippen LogP contribution in [0.3, 0.4) is 0 Å². The van der Waals surface area contributed by atoms with E-state index >= 15 is 0 Å². The van der Waals surface area contributed by atoms with E-state index in [4.69, 9.17) is 0 Å². The lowest BCUT2D eigenvalue weighted by atomic mass is 10.0. The topological polar surface area (TPSA) is 53.4 Å². The van der Waals surface area contributed by atoms with Gasteiger partial charge in [-0.05, 0) is 23.1 Å². The van der Waals surface area contributed by atoms with Gasteiger partial charge in [-0.25, -0.2) is 0 Å². The van der Waals surface area contributed by atoms with Crippen LogP contribution < -0.4 is 4.90 Å². The quantitative estimate of drug-likeness (QED) is 0.806. The zero-order valence-electron chi connectivity index (χ0n) is 13.2. The average Bonchev–Trinajstić information content (AvgIpc) is 3.02. The van der Waals surface area contributed by atoms with Gasteiger partial charge in [-0.1, -0.05) is 36.4 Å². The number of carbonyl (C=O) groups is 1. The lowest BCUT2D eigenvalue weighted by Gasteiger charge is -2.17. The molecule has 0 saturated carbocycles. The third-order valence-electron chi connectivity index (χ3n) is 4.62. The number of anilines is 1. The van der Waals surface area contributed by atoms with E-state index in [1.165, 1.54) is 0 Å². The summed E-state index contributed by atoms with van der Waals surface area (Å²) in [5.74, 6) is 0.119. The third-order valence-corrected chi connectivity index (χ3v) is 4.62. The standard InChI is InChI=1S/C20H18N2O2/c23-13-14-9-20(24)22(12-14)17-7-5-15(6-8-17)19-11-21-10-16-3-1-2-4-18(16)19/h1-8,10-11,14,23H,9,12-13H2. The molecule has 2 aromatic carbocycles. The minimum atomic E-state index is 0.0412. The van der Waals surface area contributed by atoms with Gasteiger partial charge < -0.3 is 10.0 Å². The molecule has 0 radical (unpaired) electrons. The summed E-state index contributed by atoms with van der Waals surface area (Å²) < 4.78 is 0. The van der Waals surface area contributed by atoms with Gasteiger partial charge in [0.1, 0.15) is 0 Å². The Morgan fingerprint density at radius 2 is 1.88 bits per heavy atom. The van der Waals surface area contributed by atoms with Crippen molar-refractivity contribution in [2.75, 3.05) is 18.1 Å². The number of aliphatic hydroxyl groups excluding tert-OH is 1. The SMILES string of the molecule is O=C1CC(CO)CN1c1ccc(-c2cncc3ccccc23)cc1. The lowest BCUT2D eigenvalue weighted by Crippen LogP contribution is -2.24. The van der Waals surface area contributed by atoms with Crippen LogP contribution in [-0.4, -0.2) is 29.1 Å². The van der Waals surface area contributed by atoms with Gasteiger partial charge in [-0.3, -0.25) is 9.78 Å². The largest absolute Gasteiger partial charge is 0.396 e. The second-order valence-corrected chi connectivity index (χ2v) is 6.21. The van der Waals surface area contributed by atoms with Gasteiger partial charge in [0.05, 0.1) is 0 Å². The first-order chi connectivity index (χ1) is 11.8. The Kier molecular flexibility index (Phi) is 3.75. The zero-order chi connectivity index (χ0) is 16.5. The molecule has 4 nitrogen and oxygen atoms in total. The van der Waals surface area contributed by atoms with Crippen LogP contribution in [0, 0.1) is 5.92 Å². The lowest BCUT2D eigenvalue weighted by molar-refractivity contribution is -0.117. The number of fused-ring (bicyclic) bond motifs is 1. The van der Waals surface area contributed by atoms with Crippen LogP contribution in [0.2, 0.25) is 0 Å². The fourth-order valence-corrected chi connectivity index (χ4v) is 3.32. The van der Waals surface area contributed by atoms with Crippen LogP contribution in [0.25, 0.3) is 21.9 Å². The van der Waals surface area contributed by atoms with Gasteiger partial charge in [-0.15, -0.1) is 0 Å². The summed E-state index contributed by atoms with van der Waals surface area (Å²) in [5, 5.41) is 11.5. The van der Waals surface area contributed by atoms with Gasteiger partial charge >= 0.3 is 0 Å². The number of pyridine rings is 1. The van der Waals surface area contributed by atoms with Crippen molar-refractivity contribution < 1.29 is 9.90 Å². The highest BCUT2D eigenvalue weighted by atomic mass is 16.3. The number of aromatic nitrogens is 1. The van der Waals surface area contributed by atoms with Crippen molar-refractivity contribution in [1.29, 1.82) is 0 Å². The number of aliphatic hydroxyl groups is 1. The van der Waals surface area contributed by atoms with Crippen molar-refractivity contribution in [3.63, 3.8) is 0 Å². The smallest absolute Gasteiger partial charge is 0.227 e. The van der Waals surface area contributed by atoms with Crippen LogP contribution in [0.5, 0.6) is 0 Å². The molecular weight excluding hydrogens is 300 g/mol. The first-order valence-electron chi connectivity index (χ1n) is 8.10. The van der Waals surface area contributed by atoms with Crippen LogP contribution in [0.4, 0.5) is 5.69 Å². The number of hydrogen-bond acceptors (Lipinski definition) is 3. The molecule has 1 aliphatic heterocycles. The highest BCUT2D eigenvalue weighted by Crippen LogP contribution is 2.30. The maximum atomic E-state index is 12.1. The monoisotopic (exact) mass is 318 g/mol. The number of amides is 1. The number of hydrogen-bond donors (Lipinski definition) is 1. The molecule has 0 bridgehead atoms. The molecule has 24 heavy (non-hydrogen) atoms. The van der Waals surface area contributed by atoms with E-state index < -0.39 is 0 Å². The van der Waals surface area contributed by atoms with E-state index in [0.717, 1.165) is 27.6 Å². The van der Waals surface area contributed by atoms with Gasteiger partial charge in [0.25, 0.3) is 0 Å². The Morgan fingerprint density at radius 3 is 2.62 bits per heavy atom. The van der Waals surface area contributed by atoms with Crippen LogP contribution in [-0.2, 0) is 4.79 Å².